The predicted molar refractivity (Wildman–Crippen MR) is 68.1 cm³/mol. The van der Waals surface area contributed by atoms with E-state index in [0.717, 1.165) is 19.8 Å². The lowest BCUT2D eigenvalue weighted by molar-refractivity contribution is 0.162. The second kappa shape index (κ2) is 44.7. The molecule has 0 spiro atoms. The van der Waals surface area contributed by atoms with E-state index < -0.39 is 0 Å². The van der Waals surface area contributed by atoms with Crippen LogP contribution in [-0.2, 0) is 9.47 Å². The van der Waals surface area contributed by atoms with Gasteiger partial charge in [-0.2, -0.15) is 0 Å². The van der Waals surface area contributed by atoms with Crippen molar-refractivity contribution >= 4 is 0 Å². The van der Waals surface area contributed by atoms with Crippen LogP contribution in [0.15, 0.2) is 0 Å². The summed E-state index contributed by atoms with van der Waals surface area (Å²) in [5.74, 6) is 0. The molecule has 0 aromatic carbocycles. The summed E-state index contributed by atoms with van der Waals surface area (Å²) in [7, 11) is 1.68. The molecule has 6 heteroatoms. The van der Waals surface area contributed by atoms with E-state index in [1.54, 1.807) is 7.11 Å². The van der Waals surface area contributed by atoms with Gasteiger partial charge in [0, 0.05) is 26.9 Å². The molecule has 0 aliphatic carbocycles. The Morgan fingerprint density at radius 3 is 0.882 bits per heavy atom. The van der Waals surface area contributed by atoms with Crippen molar-refractivity contribution in [1.29, 1.82) is 0 Å². The van der Waals surface area contributed by atoms with Gasteiger partial charge in [-0.05, 0) is 20.8 Å². The van der Waals surface area contributed by atoms with E-state index in [0.29, 0.717) is 0 Å². The Bertz CT molecular complexity index is 55.5. The van der Waals surface area contributed by atoms with Crippen molar-refractivity contribution in [2.45, 2.75) is 20.8 Å². The van der Waals surface area contributed by atoms with E-state index in [2.05, 4.69) is 4.74 Å². The molecule has 0 aliphatic rings. The average molecular weight is 258 g/mol. The molecule has 0 saturated carbocycles. The fraction of sp³-hybridized carbons (Fsp3) is 1.00. The first kappa shape index (κ1) is 25.6. The highest BCUT2D eigenvalue weighted by molar-refractivity contribution is 4.07. The monoisotopic (exact) mass is 258 g/mol. The number of hydrogen-bond acceptors (Lipinski definition) is 6. The van der Waals surface area contributed by atoms with Crippen molar-refractivity contribution in [2.24, 2.45) is 0 Å². The van der Waals surface area contributed by atoms with Crippen LogP contribution >= 0.6 is 0 Å². The number of methoxy groups -OCH3 is 1. The highest BCUT2D eigenvalue weighted by Crippen LogP contribution is 1.64. The number of hydrogen-bond donors (Lipinski definition) is 4. The van der Waals surface area contributed by atoms with Gasteiger partial charge >= 0.3 is 0 Å². The van der Waals surface area contributed by atoms with Gasteiger partial charge in [0.2, 0.25) is 0 Å². The molecule has 0 unspecified atom stereocenters. The van der Waals surface area contributed by atoms with Crippen LogP contribution in [0.5, 0.6) is 0 Å². The normalized spacial score (nSPS) is 7.76. The van der Waals surface area contributed by atoms with E-state index in [1.165, 1.54) is 0 Å². The van der Waals surface area contributed by atoms with Gasteiger partial charge in [-0.15, -0.1) is 0 Å². The fourth-order valence-electron chi connectivity index (χ4n) is 0.204. The first-order chi connectivity index (χ1) is 8.16. The van der Waals surface area contributed by atoms with Crippen LogP contribution in [0.3, 0.4) is 0 Å². The lowest BCUT2D eigenvalue weighted by atomic mass is 10.8. The number of rotatable bonds is 5. The molecule has 6 nitrogen and oxygen atoms in total. The van der Waals surface area contributed by atoms with Gasteiger partial charge in [-0.3, -0.25) is 0 Å². The Morgan fingerprint density at radius 1 is 0.647 bits per heavy atom. The highest BCUT2D eigenvalue weighted by Gasteiger charge is 1.64. The van der Waals surface area contributed by atoms with Crippen LogP contribution in [0.1, 0.15) is 20.8 Å². The summed E-state index contributed by atoms with van der Waals surface area (Å²) in [5, 5.41) is 30.5. The summed E-state index contributed by atoms with van der Waals surface area (Å²) in [6.45, 7) is 7.94. The van der Waals surface area contributed by atoms with Crippen molar-refractivity contribution in [3.05, 3.63) is 0 Å². The molecule has 0 heterocycles. The summed E-state index contributed by atoms with van der Waals surface area (Å²) in [6.07, 6.45) is 0. The zero-order chi connectivity index (χ0) is 14.4. The summed E-state index contributed by atoms with van der Waals surface area (Å²) in [4.78, 5) is 0. The van der Waals surface area contributed by atoms with E-state index in [4.69, 9.17) is 25.2 Å². The third-order valence-corrected chi connectivity index (χ3v) is 0.897. The van der Waals surface area contributed by atoms with Crippen LogP contribution in [0.2, 0.25) is 0 Å². The van der Waals surface area contributed by atoms with E-state index in [9.17, 15) is 0 Å². The van der Waals surface area contributed by atoms with Crippen molar-refractivity contribution in [3.63, 3.8) is 0 Å². The third kappa shape index (κ3) is 132. The summed E-state index contributed by atoms with van der Waals surface area (Å²) in [5.41, 5.74) is 0. The smallest absolute Gasteiger partial charge is 0.0662 e. The molecule has 0 fully saturated rings. The molecule has 0 atom stereocenters. The summed E-state index contributed by atoms with van der Waals surface area (Å²) in [6, 6.07) is 0. The SMILES string of the molecule is CCOC.CCOCC.OCCO.OCCO. The second-order valence-electron chi connectivity index (χ2n) is 2.25. The molecular weight excluding hydrogens is 228 g/mol. The molecule has 0 bridgehead atoms. The Hall–Kier alpha value is -0.240. The molecular formula is C11H30O6. The van der Waals surface area contributed by atoms with Gasteiger partial charge < -0.3 is 29.9 Å². The number of aliphatic hydroxyl groups excluding tert-OH is 4. The Balaban J connectivity index is -0.0000000667. The largest absolute Gasteiger partial charge is 0.394 e. The van der Waals surface area contributed by atoms with Gasteiger partial charge in [0.1, 0.15) is 0 Å². The Kier molecular flexibility index (Phi) is 67.3. The van der Waals surface area contributed by atoms with Crippen molar-refractivity contribution in [2.75, 3.05) is 53.4 Å². The molecule has 0 aromatic heterocycles. The van der Waals surface area contributed by atoms with E-state index in [1.807, 2.05) is 20.8 Å². The molecule has 0 amide bonds. The van der Waals surface area contributed by atoms with E-state index in [-0.39, 0.29) is 26.4 Å². The molecule has 0 aliphatic heterocycles. The number of aliphatic hydroxyl groups is 4. The molecule has 110 valence electrons. The van der Waals surface area contributed by atoms with Crippen LogP contribution < -0.4 is 0 Å². The first-order valence-corrected chi connectivity index (χ1v) is 5.66. The first-order valence-electron chi connectivity index (χ1n) is 5.66. The van der Waals surface area contributed by atoms with Crippen LogP contribution in [0.4, 0.5) is 0 Å². The molecule has 0 radical (unpaired) electrons. The lowest BCUT2D eigenvalue weighted by Gasteiger charge is -1.86. The zero-order valence-electron chi connectivity index (χ0n) is 11.6. The second-order valence-corrected chi connectivity index (χ2v) is 2.25. The predicted octanol–water partition coefficient (Wildman–Crippen LogP) is -0.362. The van der Waals surface area contributed by atoms with Gasteiger partial charge in [0.15, 0.2) is 0 Å². The van der Waals surface area contributed by atoms with E-state index >= 15 is 0 Å². The molecule has 4 N–H and O–H groups in total. The van der Waals surface area contributed by atoms with Crippen LogP contribution in [0, 0.1) is 0 Å². The van der Waals surface area contributed by atoms with Gasteiger partial charge in [0.25, 0.3) is 0 Å². The maximum atomic E-state index is 7.62. The van der Waals surface area contributed by atoms with Crippen LogP contribution in [0.25, 0.3) is 0 Å². The molecule has 0 rings (SSSR count). The maximum Gasteiger partial charge on any atom is 0.0662 e. The minimum atomic E-state index is -0.125. The van der Waals surface area contributed by atoms with Gasteiger partial charge in [-0.1, -0.05) is 0 Å². The third-order valence-electron chi connectivity index (χ3n) is 0.897. The summed E-state index contributed by atoms with van der Waals surface area (Å²) >= 11 is 0. The minimum Gasteiger partial charge on any atom is -0.394 e. The van der Waals surface area contributed by atoms with Gasteiger partial charge in [-0.25, -0.2) is 0 Å². The Labute approximate surface area is 105 Å². The zero-order valence-corrected chi connectivity index (χ0v) is 11.6. The molecule has 0 saturated heterocycles. The van der Waals surface area contributed by atoms with Crippen molar-refractivity contribution < 1.29 is 29.9 Å². The fourth-order valence-corrected chi connectivity index (χ4v) is 0.204. The Morgan fingerprint density at radius 2 is 0.882 bits per heavy atom. The lowest BCUT2D eigenvalue weighted by Crippen LogP contribution is -1.85. The highest BCUT2D eigenvalue weighted by atomic mass is 16.5. The van der Waals surface area contributed by atoms with Gasteiger partial charge in [0.05, 0.1) is 26.4 Å². The van der Waals surface area contributed by atoms with Crippen LogP contribution in [-0.4, -0.2) is 73.8 Å². The quantitative estimate of drug-likeness (QED) is 0.537. The topological polar surface area (TPSA) is 99.4 Å². The maximum absolute atomic E-state index is 7.62. The molecule has 0 aromatic rings. The van der Waals surface area contributed by atoms with Crippen molar-refractivity contribution in [3.8, 4) is 0 Å². The molecule has 17 heavy (non-hydrogen) atoms. The number of ether oxygens (including phenoxy) is 2. The van der Waals surface area contributed by atoms with Crippen molar-refractivity contribution in [1.82, 2.24) is 0 Å². The minimum absolute atomic E-state index is 0.125. The average Bonchev–Trinajstić information content (AvgIpc) is 2.40. The standard InChI is InChI=1S/C4H10O.C3H8O.2C2H6O2/c1-3-5-4-2;1-3-4-2;2*3-1-2-4/h3-4H2,1-2H3;3H2,1-2H3;2*3-4H,1-2H2. The summed E-state index contributed by atoms with van der Waals surface area (Å²) < 4.78 is 9.38.